The predicted molar refractivity (Wildman–Crippen MR) is 51.8 cm³/mol. The number of carboxylic acids is 2. The predicted octanol–water partition coefficient (Wildman–Crippen LogP) is 0.0743. The van der Waals surface area contributed by atoms with Crippen LogP contribution in [0.3, 0.4) is 0 Å². The van der Waals surface area contributed by atoms with Crippen LogP contribution in [-0.4, -0.2) is 40.5 Å². The number of Topliss-reactive ketones (excluding diaryl/α,β-unsaturated/α-hetero) is 1. The van der Waals surface area contributed by atoms with Gasteiger partial charge in [-0.15, -0.1) is 0 Å². The van der Waals surface area contributed by atoms with E-state index < -0.39 is 24.3 Å². The third kappa shape index (κ3) is 18.0. The fourth-order valence-electron chi connectivity index (χ4n) is 0.545. The average molecular weight is 234 g/mol. The molecule has 0 aromatic rings. The quantitative estimate of drug-likeness (QED) is 0.510. The van der Waals surface area contributed by atoms with Crippen molar-refractivity contribution in [1.29, 1.82) is 0 Å². The van der Waals surface area contributed by atoms with Crippen molar-refractivity contribution in [3.05, 3.63) is 0 Å². The molecule has 0 heterocycles. The van der Waals surface area contributed by atoms with E-state index in [1.165, 1.54) is 6.92 Å². The van der Waals surface area contributed by atoms with Crippen LogP contribution in [0.4, 0.5) is 0 Å². The molecule has 0 rings (SSSR count). The van der Waals surface area contributed by atoms with Crippen molar-refractivity contribution in [1.82, 2.24) is 0 Å². The molecule has 7 heteroatoms. The summed E-state index contributed by atoms with van der Waals surface area (Å²) in [4.78, 5) is 39.5. The van der Waals surface area contributed by atoms with Crippen LogP contribution in [0.15, 0.2) is 0 Å². The first-order valence-corrected chi connectivity index (χ1v) is 4.38. The molecular weight excluding hydrogens is 220 g/mol. The lowest BCUT2D eigenvalue weighted by Gasteiger charge is -1.96. The summed E-state index contributed by atoms with van der Waals surface area (Å²) >= 11 is 0. The van der Waals surface area contributed by atoms with Crippen molar-refractivity contribution in [2.45, 2.75) is 26.7 Å². The zero-order valence-corrected chi connectivity index (χ0v) is 9.06. The lowest BCUT2D eigenvalue weighted by atomic mass is 10.3. The highest BCUT2D eigenvalue weighted by Gasteiger charge is 2.03. The van der Waals surface area contributed by atoms with E-state index in [1.807, 2.05) is 0 Å². The van der Waals surface area contributed by atoms with Crippen molar-refractivity contribution >= 4 is 23.7 Å². The first-order chi connectivity index (χ1) is 7.29. The van der Waals surface area contributed by atoms with E-state index in [0.717, 1.165) is 0 Å². The van der Waals surface area contributed by atoms with Crippen LogP contribution in [0.2, 0.25) is 0 Å². The minimum absolute atomic E-state index is 0.103. The molecule has 16 heavy (non-hydrogen) atoms. The molecule has 0 aliphatic carbocycles. The number of carbonyl (C=O) groups excluding carboxylic acids is 2. The Balaban J connectivity index is 0. The molecule has 92 valence electrons. The molecule has 0 aromatic carbocycles. The van der Waals surface area contributed by atoms with Crippen LogP contribution in [0.5, 0.6) is 0 Å². The number of ether oxygens (including phenoxy) is 1. The molecule has 0 spiro atoms. The van der Waals surface area contributed by atoms with E-state index in [1.54, 1.807) is 6.92 Å². The van der Waals surface area contributed by atoms with Crippen LogP contribution < -0.4 is 0 Å². The maximum Gasteiger partial charge on any atom is 0.314 e. The van der Waals surface area contributed by atoms with E-state index in [4.69, 9.17) is 10.2 Å². The van der Waals surface area contributed by atoms with Crippen LogP contribution in [0, 0.1) is 0 Å². The molecule has 0 saturated carbocycles. The molecule has 0 fully saturated rings. The summed E-state index contributed by atoms with van der Waals surface area (Å²) in [5.74, 6) is -3.22. The van der Waals surface area contributed by atoms with E-state index in [2.05, 4.69) is 4.74 Å². The van der Waals surface area contributed by atoms with Gasteiger partial charge in [-0.3, -0.25) is 19.2 Å². The number of carbonyl (C=O) groups is 4. The van der Waals surface area contributed by atoms with Crippen LogP contribution in [-0.2, 0) is 23.9 Å². The second-order valence-electron chi connectivity index (χ2n) is 2.65. The van der Waals surface area contributed by atoms with E-state index in [-0.39, 0.29) is 12.2 Å². The van der Waals surface area contributed by atoms with E-state index in [0.29, 0.717) is 6.61 Å². The summed E-state index contributed by atoms with van der Waals surface area (Å²) < 4.78 is 4.49. The van der Waals surface area contributed by atoms with E-state index >= 15 is 0 Å². The number of ketones is 1. The maximum absolute atomic E-state index is 10.4. The number of carboxylic acid groups (broad SMARTS) is 2. The lowest BCUT2D eigenvalue weighted by molar-refractivity contribution is -0.148. The Morgan fingerprint density at radius 2 is 1.44 bits per heavy atom. The molecule has 0 atom stereocenters. The van der Waals surface area contributed by atoms with Crippen LogP contribution in [0.25, 0.3) is 0 Å². The number of aliphatic carboxylic acids is 2. The fraction of sp³-hybridized carbons (Fsp3) is 0.556. The maximum atomic E-state index is 10.4. The summed E-state index contributed by atoms with van der Waals surface area (Å²) in [5.41, 5.74) is 0. The fourth-order valence-corrected chi connectivity index (χ4v) is 0.545. The van der Waals surface area contributed by atoms with Crippen molar-refractivity contribution < 1.29 is 34.1 Å². The Bertz CT molecular complexity index is 257. The van der Waals surface area contributed by atoms with Gasteiger partial charge in [0.25, 0.3) is 0 Å². The summed E-state index contributed by atoms with van der Waals surface area (Å²) in [6, 6.07) is 0. The van der Waals surface area contributed by atoms with Gasteiger partial charge in [0.2, 0.25) is 0 Å². The first-order valence-electron chi connectivity index (χ1n) is 4.38. The molecule has 0 saturated heterocycles. The van der Waals surface area contributed by atoms with Crippen molar-refractivity contribution in [3.63, 3.8) is 0 Å². The third-order valence-electron chi connectivity index (χ3n) is 1.00. The minimum Gasteiger partial charge on any atom is -0.481 e. The van der Waals surface area contributed by atoms with Gasteiger partial charge < -0.3 is 14.9 Å². The summed E-state index contributed by atoms with van der Waals surface area (Å²) in [6.07, 6.45) is -0.909. The van der Waals surface area contributed by atoms with Crippen molar-refractivity contribution in [2.75, 3.05) is 6.61 Å². The van der Waals surface area contributed by atoms with Gasteiger partial charge in [0.15, 0.2) is 0 Å². The van der Waals surface area contributed by atoms with Crippen molar-refractivity contribution in [2.24, 2.45) is 0 Å². The number of rotatable bonds is 5. The molecule has 2 N–H and O–H groups in total. The van der Waals surface area contributed by atoms with Gasteiger partial charge in [-0.2, -0.15) is 0 Å². The molecule has 0 unspecified atom stereocenters. The second kappa shape index (κ2) is 9.63. The molecule has 0 bridgehead atoms. The summed E-state index contributed by atoms with van der Waals surface area (Å²) in [5, 5.41) is 15.4. The number of esters is 1. The van der Waals surface area contributed by atoms with Crippen LogP contribution in [0.1, 0.15) is 26.7 Å². The molecule has 0 aliphatic heterocycles. The Kier molecular flexibility index (Phi) is 9.93. The highest BCUT2D eigenvalue weighted by atomic mass is 16.5. The normalized spacial score (nSPS) is 8.38. The summed E-state index contributed by atoms with van der Waals surface area (Å²) in [6.45, 7) is 3.40. The van der Waals surface area contributed by atoms with Gasteiger partial charge in [-0.05, 0) is 13.8 Å². The van der Waals surface area contributed by atoms with Gasteiger partial charge >= 0.3 is 17.9 Å². The number of hydrogen-bond donors (Lipinski definition) is 2. The average Bonchev–Trinajstić information content (AvgIpc) is 2.00. The summed E-state index contributed by atoms with van der Waals surface area (Å²) in [7, 11) is 0. The Labute approximate surface area is 92.0 Å². The smallest absolute Gasteiger partial charge is 0.314 e. The van der Waals surface area contributed by atoms with Gasteiger partial charge in [-0.1, -0.05) is 0 Å². The lowest BCUT2D eigenvalue weighted by Crippen LogP contribution is -2.07. The number of hydrogen-bond acceptors (Lipinski definition) is 5. The van der Waals surface area contributed by atoms with Crippen molar-refractivity contribution in [3.8, 4) is 0 Å². The van der Waals surface area contributed by atoms with Gasteiger partial charge in [0.1, 0.15) is 18.6 Å². The van der Waals surface area contributed by atoms with Gasteiger partial charge in [-0.25, -0.2) is 0 Å². The zero-order chi connectivity index (χ0) is 13.1. The molecule has 0 radical (unpaired) electrons. The first kappa shape index (κ1) is 16.5. The molecule has 7 nitrogen and oxygen atoms in total. The highest BCUT2D eigenvalue weighted by molar-refractivity contribution is 5.94. The Morgan fingerprint density at radius 1 is 1.00 bits per heavy atom. The van der Waals surface area contributed by atoms with Crippen LogP contribution >= 0.6 is 0 Å². The standard InChI is InChI=1S/C6H10O3.C3H4O4/c1-3-9-6(8)4-5(2)7;4-2(5)1-3(6)7/h3-4H2,1-2H3;1H2,(H,4,5)(H,6,7). The monoisotopic (exact) mass is 234 g/mol. The van der Waals surface area contributed by atoms with E-state index in [9.17, 15) is 19.2 Å². The zero-order valence-electron chi connectivity index (χ0n) is 9.06. The van der Waals surface area contributed by atoms with Gasteiger partial charge in [0, 0.05) is 0 Å². The second-order valence-corrected chi connectivity index (χ2v) is 2.65. The largest absolute Gasteiger partial charge is 0.481 e. The van der Waals surface area contributed by atoms with Gasteiger partial charge in [0.05, 0.1) is 6.61 Å². The molecular formula is C9H14O7. The minimum atomic E-state index is -1.31. The molecule has 0 aliphatic rings. The molecule has 0 amide bonds. The Morgan fingerprint density at radius 3 is 1.62 bits per heavy atom. The third-order valence-corrected chi connectivity index (χ3v) is 1.00. The molecule has 0 aromatic heterocycles. The highest BCUT2D eigenvalue weighted by Crippen LogP contribution is 1.86. The Hall–Kier alpha value is -1.92. The SMILES string of the molecule is CCOC(=O)CC(C)=O.O=C(O)CC(=O)O. The topological polar surface area (TPSA) is 118 Å².